The quantitative estimate of drug-likeness (QED) is 0.485. The van der Waals surface area contributed by atoms with Gasteiger partial charge in [0.15, 0.2) is 17.6 Å². The topological polar surface area (TPSA) is 102 Å². The van der Waals surface area contributed by atoms with Crippen molar-refractivity contribution in [2.24, 2.45) is 5.41 Å². The minimum absolute atomic E-state index is 0.000880. The Kier molecular flexibility index (Phi) is 7.80. The number of phenolic OH excluding ortho intramolecular Hbond substituents is 1. The summed E-state index contributed by atoms with van der Waals surface area (Å²) in [5, 5.41) is 12.6. The third-order valence-corrected chi connectivity index (χ3v) is 4.65. The Labute approximate surface area is 182 Å². The van der Waals surface area contributed by atoms with Crippen LogP contribution in [0.1, 0.15) is 50.0 Å². The molecule has 0 radical (unpaired) electrons. The molecule has 7 heteroatoms. The number of Topliss-reactive ketones (excluding diaryl/α,β-unsaturated/α-hetero) is 1. The fourth-order valence-electron chi connectivity index (χ4n) is 2.72. The Balaban J connectivity index is 1.89. The standard InChI is InChI=1S/C24H29NO6/c1-15(31-21(27)13-7-16-6-12-20(30-5)19(26)14-16)22(28)17-8-10-18(11-9-17)25-23(29)24(2,3)4/h6,8-12,14-15,26H,7,13H2,1-5H3,(H,25,29). The zero-order chi connectivity index (χ0) is 23.2. The monoisotopic (exact) mass is 427 g/mol. The van der Waals surface area contributed by atoms with Crippen molar-refractivity contribution in [3.05, 3.63) is 53.6 Å². The van der Waals surface area contributed by atoms with Gasteiger partial charge in [0.25, 0.3) is 0 Å². The van der Waals surface area contributed by atoms with E-state index >= 15 is 0 Å². The van der Waals surface area contributed by atoms with E-state index in [1.165, 1.54) is 20.1 Å². The van der Waals surface area contributed by atoms with Gasteiger partial charge in [-0.3, -0.25) is 14.4 Å². The predicted molar refractivity (Wildman–Crippen MR) is 117 cm³/mol. The van der Waals surface area contributed by atoms with Crippen molar-refractivity contribution in [3.8, 4) is 11.5 Å². The van der Waals surface area contributed by atoms with Crippen molar-refractivity contribution in [3.63, 3.8) is 0 Å². The molecule has 0 saturated carbocycles. The summed E-state index contributed by atoms with van der Waals surface area (Å²) in [6.45, 7) is 6.96. The molecule has 0 heterocycles. The number of rotatable bonds is 8. The molecule has 0 fully saturated rings. The first kappa shape index (κ1) is 23.9. The first-order valence-electron chi connectivity index (χ1n) is 10.0. The Morgan fingerprint density at radius 3 is 2.26 bits per heavy atom. The molecule has 166 valence electrons. The highest BCUT2D eigenvalue weighted by atomic mass is 16.5. The van der Waals surface area contributed by atoms with Crippen molar-refractivity contribution >= 4 is 23.3 Å². The summed E-state index contributed by atoms with van der Waals surface area (Å²) in [6, 6.07) is 11.4. The molecule has 0 aliphatic heterocycles. The number of carbonyl (C=O) groups is 3. The second-order valence-corrected chi connectivity index (χ2v) is 8.28. The van der Waals surface area contributed by atoms with Crippen LogP contribution < -0.4 is 10.1 Å². The van der Waals surface area contributed by atoms with E-state index in [9.17, 15) is 19.5 Å². The van der Waals surface area contributed by atoms with Crippen LogP contribution in [0.25, 0.3) is 0 Å². The van der Waals surface area contributed by atoms with Gasteiger partial charge in [0, 0.05) is 23.1 Å². The lowest BCUT2D eigenvalue weighted by molar-refractivity contribution is -0.146. The Morgan fingerprint density at radius 1 is 1.06 bits per heavy atom. The van der Waals surface area contributed by atoms with Crippen LogP contribution in [0.5, 0.6) is 11.5 Å². The zero-order valence-electron chi connectivity index (χ0n) is 18.5. The fraction of sp³-hybridized carbons (Fsp3) is 0.375. The zero-order valence-corrected chi connectivity index (χ0v) is 18.5. The first-order valence-corrected chi connectivity index (χ1v) is 10.0. The van der Waals surface area contributed by atoms with Crippen LogP contribution in [0.15, 0.2) is 42.5 Å². The number of anilines is 1. The molecule has 0 spiro atoms. The largest absolute Gasteiger partial charge is 0.504 e. The third kappa shape index (κ3) is 6.84. The maximum Gasteiger partial charge on any atom is 0.306 e. The average Bonchev–Trinajstić information content (AvgIpc) is 2.71. The molecular weight excluding hydrogens is 398 g/mol. The summed E-state index contributed by atoms with van der Waals surface area (Å²) in [6.07, 6.45) is -0.507. The predicted octanol–water partition coefficient (Wildman–Crippen LogP) is 4.13. The summed E-state index contributed by atoms with van der Waals surface area (Å²) in [7, 11) is 1.46. The van der Waals surface area contributed by atoms with Crippen LogP contribution in [-0.2, 0) is 20.7 Å². The van der Waals surface area contributed by atoms with Gasteiger partial charge in [-0.25, -0.2) is 0 Å². The van der Waals surface area contributed by atoms with Crippen LogP contribution in [-0.4, -0.2) is 36.0 Å². The van der Waals surface area contributed by atoms with Gasteiger partial charge in [0.05, 0.1) is 7.11 Å². The molecule has 0 bridgehead atoms. The summed E-state index contributed by atoms with van der Waals surface area (Å²) in [4.78, 5) is 36.7. The molecule has 1 amide bonds. The minimum atomic E-state index is -0.938. The van der Waals surface area contributed by atoms with Gasteiger partial charge in [0.2, 0.25) is 11.7 Å². The number of hydrogen-bond acceptors (Lipinski definition) is 6. The molecule has 2 N–H and O–H groups in total. The number of nitrogens with one attached hydrogen (secondary N) is 1. The summed E-state index contributed by atoms with van der Waals surface area (Å²) < 4.78 is 10.2. The van der Waals surface area contributed by atoms with Gasteiger partial charge in [-0.05, 0) is 55.3 Å². The van der Waals surface area contributed by atoms with Gasteiger partial charge in [-0.2, -0.15) is 0 Å². The summed E-state index contributed by atoms with van der Waals surface area (Å²) >= 11 is 0. The summed E-state index contributed by atoms with van der Waals surface area (Å²) in [5.41, 5.74) is 1.20. The van der Waals surface area contributed by atoms with E-state index in [1.807, 2.05) is 20.8 Å². The van der Waals surface area contributed by atoms with Crippen LogP contribution >= 0.6 is 0 Å². The minimum Gasteiger partial charge on any atom is -0.504 e. The molecular formula is C24H29NO6. The highest BCUT2D eigenvalue weighted by molar-refractivity contribution is 6.01. The molecule has 7 nitrogen and oxygen atoms in total. The molecule has 2 aromatic rings. The number of aromatic hydroxyl groups is 1. The Hall–Kier alpha value is -3.35. The normalized spacial score (nSPS) is 12.0. The second-order valence-electron chi connectivity index (χ2n) is 8.28. The van der Waals surface area contributed by atoms with Crippen LogP contribution in [0, 0.1) is 5.41 Å². The molecule has 31 heavy (non-hydrogen) atoms. The molecule has 2 aromatic carbocycles. The van der Waals surface area contributed by atoms with Gasteiger partial charge >= 0.3 is 5.97 Å². The van der Waals surface area contributed by atoms with E-state index in [0.29, 0.717) is 23.4 Å². The molecule has 1 unspecified atom stereocenters. The Morgan fingerprint density at radius 2 is 1.71 bits per heavy atom. The summed E-state index contributed by atoms with van der Waals surface area (Å²) in [5.74, 6) is -0.609. The van der Waals surface area contributed by atoms with Crippen molar-refractivity contribution < 1.29 is 29.0 Å². The first-order chi connectivity index (χ1) is 14.5. The highest BCUT2D eigenvalue weighted by Gasteiger charge is 2.22. The van der Waals surface area contributed by atoms with Gasteiger partial charge in [0.1, 0.15) is 0 Å². The lowest BCUT2D eigenvalue weighted by Crippen LogP contribution is -2.27. The molecule has 0 aliphatic carbocycles. The molecule has 0 aromatic heterocycles. The van der Waals surface area contributed by atoms with E-state index in [-0.39, 0.29) is 23.9 Å². The number of esters is 1. The number of hydrogen-bond donors (Lipinski definition) is 2. The second kappa shape index (κ2) is 10.1. The SMILES string of the molecule is COc1ccc(CCC(=O)OC(C)C(=O)c2ccc(NC(=O)C(C)(C)C)cc2)cc1O. The van der Waals surface area contributed by atoms with Crippen LogP contribution in [0.3, 0.4) is 0 Å². The van der Waals surface area contributed by atoms with Crippen LogP contribution in [0.2, 0.25) is 0 Å². The number of methoxy groups -OCH3 is 1. The Bertz CT molecular complexity index is 944. The van der Waals surface area contributed by atoms with E-state index in [1.54, 1.807) is 36.4 Å². The fourth-order valence-corrected chi connectivity index (χ4v) is 2.72. The number of ketones is 1. The number of ether oxygens (including phenoxy) is 2. The van der Waals surface area contributed by atoms with E-state index in [0.717, 1.165) is 5.56 Å². The highest BCUT2D eigenvalue weighted by Crippen LogP contribution is 2.26. The maximum atomic E-state index is 12.6. The maximum absolute atomic E-state index is 12.6. The lowest BCUT2D eigenvalue weighted by Gasteiger charge is -2.18. The molecule has 0 saturated heterocycles. The lowest BCUT2D eigenvalue weighted by atomic mass is 9.95. The number of aryl methyl sites for hydroxylation is 1. The molecule has 1 atom stereocenters. The average molecular weight is 427 g/mol. The number of carbonyl (C=O) groups excluding carboxylic acids is 3. The third-order valence-electron chi connectivity index (χ3n) is 4.65. The number of amides is 1. The van der Waals surface area contributed by atoms with Gasteiger partial charge in [-0.1, -0.05) is 26.8 Å². The van der Waals surface area contributed by atoms with Crippen molar-refractivity contribution in [1.82, 2.24) is 0 Å². The molecule has 0 aliphatic rings. The number of phenols is 1. The van der Waals surface area contributed by atoms with Gasteiger partial charge in [-0.15, -0.1) is 0 Å². The smallest absolute Gasteiger partial charge is 0.306 e. The molecule has 2 rings (SSSR count). The number of benzene rings is 2. The van der Waals surface area contributed by atoms with E-state index in [4.69, 9.17) is 9.47 Å². The van der Waals surface area contributed by atoms with Crippen molar-refractivity contribution in [2.75, 3.05) is 12.4 Å². The van der Waals surface area contributed by atoms with Gasteiger partial charge < -0.3 is 19.9 Å². The van der Waals surface area contributed by atoms with E-state index < -0.39 is 17.5 Å². The van der Waals surface area contributed by atoms with E-state index in [2.05, 4.69) is 5.32 Å². The van der Waals surface area contributed by atoms with Crippen molar-refractivity contribution in [2.45, 2.75) is 46.6 Å². The van der Waals surface area contributed by atoms with Crippen LogP contribution in [0.4, 0.5) is 5.69 Å². The van der Waals surface area contributed by atoms with Crippen molar-refractivity contribution in [1.29, 1.82) is 0 Å².